The molecule has 1 aromatic carbocycles. The quantitative estimate of drug-likeness (QED) is 0.608. The summed E-state index contributed by atoms with van der Waals surface area (Å²) in [5.41, 5.74) is 1.84. The number of hydrogen-bond donors (Lipinski definition) is 0. The van der Waals surface area contributed by atoms with Crippen LogP contribution in [0.3, 0.4) is 0 Å². The number of nitriles is 1. The number of pyridine rings is 1. The zero-order valence-corrected chi connectivity index (χ0v) is 17.2. The summed E-state index contributed by atoms with van der Waals surface area (Å²) in [6.45, 7) is 6.78. The molecular weight excluding hydrogens is 382 g/mol. The first kappa shape index (κ1) is 19.3. The maximum Gasteiger partial charge on any atom is 0.199 e. The molecule has 0 bridgehead atoms. The van der Waals surface area contributed by atoms with E-state index in [9.17, 15) is 5.26 Å². The molecule has 0 unspecified atom stereocenters. The van der Waals surface area contributed by atoms with E-state index in [-0.39, 0.29) is 0 Å². The molecule has 148 valence electrons. The van der Waals surface area contributed by atoms with Crippen LogP contribution >= 0.6 is 12.2 Å². The average Bonchev–Trinajstić information content (AvgIpc) is 3.02. The standard InChI is InChI=1S/C21H23N7S/c1-17-24-28(21(29)27(17)15-18-6-3-2-4-7-18)16-25-10-12-26(13-11-25)20-19(14-22)8-5-9-23-20/h2-9H,10-13,15-16H2,1H3. The second kappa shape index (κ2) is 8.55. The van der Waals surface area contributed by atoms with Crippen LogP contribution in [0, 0.1) is 23.0 Å². The zero-order valence-electron chi connectivity index (χ0n) is 16.4. The van der Waals surface area contributed by atoms with E-state index >= 15 is 0 Å². The highest BCUT2D eigenvalue weighted by atomic mass is 32.1. The van der Waals surface area contributed by atoms with E-state index in [2.05, 4.69) is 42.7 Å². The number of hydrogen-bond acceptors (Lipinski definition) is 6. The summed E-state index contributed by atoms with van der Waals surface area (Å²) < 4.78 is 4.73. The van der Waals surface area contributed by atoms with Crippen molar-refractivity contribution in [2.45, 2.75) is 20.1 Å². The van der Waals surface area contributed by atoms with Crippen molar-refractivity contribution in [2.24, 2.45) is 0 Å². The van der Waals surface area contributed by atoms with Crippen LogP contribution < -0.4 is 4.90 Å². The minimum Gasteiger partial charge on any atom is -0.353 e. The van der Waals surface area contributed by atoms with Gasteiger partial charge in [-0.05, 0) is 36.8 Å². The van der Waals surface area contributed by atoms with Crippen LogP contribution in [0.15, 0.2) is 48.7 Å². The first-order valence-electron chi connectivity index (χ1n) is 9.66. The van der Waals surface area contributed by atoms with Crippen molar-refractivity contribution >= 4 is 18.0 Å². The summed E-state index contributed by atoms with van der Waals surface area (Å²) in [5, 5.41) is 14.0. The van der Waals surface area contributed by atoms with Crippen LogP contribution in [0.4, 0.5) is 5.82 Å². The maximum absolute atomic E-state index is 9.31. The van der Waals surface area contributed by atoms with Crippen LogP contribution in [0.5, 0.6) is 0 Å². The zero-order chi connectivity index (χ0) is 20.2. The Morgan fingerprint density at radius 3 is 2.55 bits per heavy atom. The Morgan fingerprint density at radius 2 is 1.83 bits per heavy atom. The summed E-state index contributed by atoms with van der Waals surface area (Å²) in [5.74, 6) is 1.69. The number of aromatic nitrogens is 4. The van der Waals surface area contributed by atoms with Gasteiger partial charge >= 0.3 is 0 Å². The molecule has 0 aliphatic carbocycles. The molecule has 1 aliphatic rings. The third-order valence-electron chi connectivity index (χ3n) is 5.20. The third kappa shape index (κ3) is 4.21. The van der Waals surface area contributed by atoms with Crippen LogP contribution in [0.1, 0.15) is 17.0 Å². The smallest absolute Gasteiger partial charge is 0.199 e. The lowest BCUT2D eigenvalue weighted by atomic mass is 10.2. The van der Waals surface area contributed by atoms with E-state index < -0.39 is 0 Å². The van der Waals surface area contributed by atoms with Crippen molar-refractivity contribution in [3.63, 3.8) is 0 Å². The Bertz CT molecular complexity index is 1070. The van der Waals surface area contributed by atoms with Gasteiger partial charge in [0.15, 0.2) is 4.77 Å². The number of aryl methyl sites for hydroxylation is 1. The van der Waals surface area contributed by atoms with E-state index in [0.29, 0.717) is 12.2 Å². The minimum atomic E-state index is 0.624. The Kier molecular flexibility index (Phi) is 5.69. The average molecular weight is 406 g/mol. The van der Waals surface area contributed by atoms with Crippen molar-refractivity contribution in [3.05, 3.63) is 70.4 Å². The molecule has 0 radical (unpaired) electrons. The van der Waals surface area contributed by atoms with Crippen LogP contribution in [-0.2, 0) is 13.2 Å². The molecule has 8 heteroatoms. The second-order valence-corrected chi connectivity index (χ2v) is 7.50. The van der Waals surface area contributed by atoms with Crippen molar-refractivity contribution < 1.29 is 0 Å². The molecule has 1 aliphatic heterocycles. The van der Waals surface area contributed by atoms with Crippen LogP contribution in [0.2, 0.25) is 0 Å². The summed E-state index contributed by atoms with van der Waals surface area (Å²) in [6.07, 6.45) is 1.74. The van der Waals surface area contributed by atoms with Gasteiger partial charge in [0.25, 0.3) is 0 Å². The second-order valence-electron chi connectivity index (χ2n) is 7.13. The summed E-state index contributed by atoms with van der Waals surface area (Å²) >= 11 is 5.69. The lowest BCUT2D eigenvalue weighted by Gasteiger charge is -2.35. The molecule has 1 saturated heterocycles. The first-order valence-corrected chi connectivity index (χ1v) is 10.1. The predicted molar refractivity (Wildman–Crippen MR) is 114 cm³/mol. The van der Waals surface area contributed by atoms with Gasteiger partial charge in [0, 0.05) is 32.4 Å². The van der Waals surface area contributed by atoms with Gasteiger partial charge in [-0.15, -0.1) is 0 Å². The summed E-state index contributed by atoms with van der Waals surface area (Å²) in [4.78, 5) is 8.91. The minimum absolute atomic E-state index is 0.624. The predicted octanol–water partition coefficient (Wildman–Crippen LogP) is 2.82. The van der Waals surface area contributed by atoms with E-state index in [1.807, 2.05) is 35.9 Å². The molecule has 0 N–H and O–H groups in total. The number of benzene rings is 1. The number of nitrogens with zero attached hydrogens (tertiary/aromatic N) is 7. The lowest BCUT2D eigenvalue weighted by Crippen LogP contribution is -2.47. The van der Waals surface area contributed by atoms with Gasteiger partial charge in [0.2, 0.25) is 0 Å². The van der Waals surface area contributed by atoms with E-state index in [1.165, 1.54) is 5.56 Å². The molecule has 29 heavy (non-hydrogen) atoms. The van der Waals surface area contributed by atoms with Gasteiger partial charge in [-0.2, -0.15) is 10.4 Å². The molecule has 0 saturated carbocycles. The van der Waals surface area contributed by atoms with Gasteiger partial charge in [-0.25, -0.2) is 9.67 Å². The normalized spacial score (nSPS) is 14.7. The maximum atomic E-state index is 9.31. The molecular formula is C21H23N7S. The highest BCUT2D eigenvalue weighted by Crippen LogP contribution is 2.18. The van der Waals surface area contributed by atoms with Crippen molar-refractivity contribution in [1.82, 2.24) is 24.2 Å². The summed E-state index contributed by atoms with van der Waals surface area (Å²) in [6, 6.07) is 16.1. The molecule has 7 nitrogen and oxygen atoms in total. The lowest BCUT2D eigenvalue weighted by molar-refractivity contribution is 0.193. The highest BCUT2D eigenvalue weighted by molar-refractivity contribution is 7.71. The number of piperazine rings is 1. The topological polar surface area (TPSA) is 65.9 Å². The first-order chi connectivity index (χ1) is 14.2. The number of rotatable bonds is 5. The van der Waals surface area contributed by atoms with E-state index in [4.69, 9.17) is 12.2 Å². The van der Waals surface area contributed by atoms with E-state index in [0.717, 1.165) is 49.1 Å². The fourth-order valence-electron chi connectivity index (χ4n) is 3.62. The molecule has 0 atom stereocenters. The molecule has 4 rings (SSSR count). The molecule has 3 aromatic rings. The fourth-order valence-corrected chi connectivity index (χ4v) is 3.91. The Labute approximate surface area is 175 Å². The molecule has 0 spiro atoms. The largest absolute Gasteiger partial charge is 0.353 e. The highest BCUT2D eigenvalue weighted by Gasteiger charge is 2.21. The summed E-state index contributed by atoms with van der Waals surface area (Å²) in [7, 11) is 0. The molecule has 3 heterocycles. The van der Waals surface area contributed by atoms with Crippen molar-refractivity contribution in [1.29, 1.82) is 5.26 Å². The van der Waals surface area contributed by atoms with Gasteiger partial charge < -0.3 is 4.90 Å². The van der Waals surface area contributed by atoms with Crippen molar-refractivity contribution in [3.8, 4) is 6.07 Å². The Morgan fingerprint density at radius 1 is 1.07 bits per heavy atom. The van der Waals surface area contributed by atoms with Gasteiger partial charge in [-0.3, -0.25) is 9.47 Å². The Balaban J connectivity index is 1.42. The van der Waals surface area contributed by atoms with Gasteiger partial charge in [0.1, 0.15) is 17.7 Å². The third-order valence-corrected chi connectivity index (χ3v) is 5.64. The van der Waals surface area contributed by atoms with Crippen LogP contribution in [-0.4, -0.2) is 50.4 Å². The van der Waals surface area contributed by atoms with Crippen molar-refractivity contribution in [2.75, 3.05) is 31.1 Å². The molecule has 0 amide bonds. The number of anilines is 1. The SMILES string of the molecule is Cc1nn(CN2CCN(c3ncccc3C#N)CC2)c(=S)n1Cc1ccccc1. The van der Waals surface area contributed by atoms with Crippen LogP contribution in [0.25, 0.3) is 0 Å². The monoisotopic (exact) mass is 405 g/mol. The Hall–Kier alpha value is -3.02. The van der Waals surface area contributed by atoms with Gasteiger partial charge in [-0.1, -0.05) is 30.3 Å². The molecule has 2 aromatic heterocycles. The van der Waals surface area contributed by atoms with E-state index in [1.54, 1.807) is 12.3 Å². The van der Waals surface area contributed by atoms with Gasteiger partial charge in [0.05, 0.1) is 18.8 Å². The fraction of sp³-hybridized carbons (Fsp3) is 0.333. The molecule has 1 fully saturated rings.